The third-order valence-corrected chi connectivity index (χ3v) is 6.21. The predicted octanol–water partition coefficient (Wildman–Crippen LogP) is 4.56. The average molecular weight is 382 g/mol. The molecule has 1 aliphatic rings. The van der Waals surface area contributed by atoms with Crippen LogP contribution in [0.3, 0.4) is 0 Å². The number of esters is 1. The van der Waals surface area contributed by atoms with Gasteiger partial charge in [0.25, 0.3) is 5.56 Å². The molecule has 0 spiro atoms. The van der Waals surface area contributed by atoms with E-state index in [1.165, 1.54) is 36.1 Å². The van der Waals surface area contributed by atoms with Crippen LogP contribution in [0.1, 0.15) is 64.6 Å². The molecule has 1 atom stereocenters. The van der Waals surface area contributed by atoms with E-state index in [1.807, 2.05) is 12.1 Å². The Labute approximate surface area is 161 Å². The summed E-state index contributed by atoms with van der Waals surface area (Å²) in [5.41, 5.74) is 1.66. The highest BCUT2D eigenvalue weighted by molar-refractivity contribution is 7.14. The standard InChI is InChI=1S/C21H22N2O3S/c1-13(19-22-16-10-7-6-9-15(16)20(24)23-19)26-21(25)18-12-14-8-4-2-3-5-11-17(14)27-18/h6-7,9-10,12-13H,2-5,8,11H2,1H3,(H,22,23,24)/t13-/m1/s1. The Kier molecular flexibility index (Phi) is 5.07. The van der Waals surface area contributed by atoms with Gasteiger partial charge in [0.1, 0.15) is 4.88 Å². The fourth-order valence-electron chi connectivity index (χ4n) is 3.52. The number of aromatic amines is 1. The first-order valence-corrected chi connectivity index (χ1v) is 10.2. The zero-order chi connectivity index (χ0) is 18.8. The van der Waals surface area contributed by atoms with Crippen molar-refractivity contribution in [1.29, 1.82) is 0 Å². The maximum atomic E-state index is 12.6. The monoisotopic (exact) mass is 382 g/mol. The van der Waals surface area contributed by atoms with Crippen LogP contribution in [0.5, 0.6) is 0 Å². The van der Waals surface area contributed by atoms with Crippen LogP contribution in [-0.4, -0.2) is 15.9 Å². The Morgan fingerprint density at radius 2 is 1.96 bits per heavy atom. The van der Waals surface area contributed by atoms with Gasteiger partial charge in [-0.3, -0.25) is 4.79 Å². The molecule has 27 heavy (non-hydrogen) atoms. The number of hydrogen-bond acceptors (Lipinski definition) is 5. The number of hydrogen-bond donors (Lipinski definition) is 1. The molecule has 1 N–H and O–H groups in total. The molecule has 6 heteroatoms. The van der Waals surface area contributed by atoms with Crippen LogP contribution in [-0.2, 0) is 17.6 Å². The number of carbonyl (C=O) groups excluding carboxylic acids is 1. The first-order chi connectivity index (χ1) is 13.1. The van der Waals surface area contributed by atoms with Crippen LogP contribution in [0.4, 0.5) is 0 Å². The number of benzene rings is 1. The summed E-state index contributed by atoms with van der Waals surface area (Å²) in [5, 5.41) is 0.526. The van der Waals surface area contributed by atoms with E-state index in [9.17, 15) is 9.59 Å². The third-order valence-electron chi connectivity index (χ3n) is 5.00. The van der Waals surface area contributed by atoms with Gasteiger partial charge in [-0.15, -0.1) is 11.3 Å². The van der Waals surface area contributed by atoms with E-state index in [4.69, 9.17) is 4.74 Å². The number of nitrogens with one attached hydrogen (secondary N) is 1. The van der Waals surface area contributed by atoms with E-state index in [0.29, 0.717) is 21.6 Å². The van der Waals surface area contributed by atoms with E-state index >= 15 is 0 Å². The van der Waals surface area contributed by atoms with Gasteiger partial charge in [-0.05, 0) is 56.4 Å². The molecule has 0 aliphatic heterocycles. The lowest BCUT2D eigenvalue weighted by Gasteiger charge is -2.12. The minimum Gasteiger partial charge on any atom is -0.450 e. The van der Waals surface area contributed by atoms with Crippen molar-refractivity contribution in [2.45, 2.75) is 51.6 Å². The van der Waals surface area contributed by atoms with Gasteiger partial charge < -0.3 is 9.72 Å². The van der Waals surface area contributed by atoms with Crippen molar-refractivity contribution in [3.63, 3.8) is 0 Å². The summed E-state index contributed by atoms with van der Waals surface area (Å²) in [6, 6.07) is 9.11. The predicted molar refractivity (Wildman–Crippen MR) is 106 cm³/mol. The van der Waals surface area contributed by atoms with Crippen LogP contribution in [0.25, 0.3) is 10.9 Å². The molecule has 0 bridgehead atoms. The fraction of sp³-hybridized carbons (Fsp3) is 0.381. The summed E-state index contributed by atoms with van der Waals surface area (Å²) in [4.78, 5) is 34.0. The number of carbonyl (C=O) groups is 1. The molecule has 0 fully saturated rings. The third kappa shape index (κ3) is 3.81. The summed E-state index contributed by atoms with van der Waals surface area (Å²) >= 11 is 1.54. The zero-order valence-corrected chi connectivity index (χ0v) is 16.1. The molecule has 4 rings (SSSR count). The largest absolute Gasteiger partial charge is 0.450 e. The number of thiophene rings is 1. The van der Waals surface area contributed by atoms with Gasteiger partial charge in [-0.25, -0.2) is 9.78 Å². The first kappa shape index (κ1) is 17.9. The summed E-state index contributed by atoms with van der Waals surface area (Å²) in [6.07, 6.45) is 6.33. The SMILES string of the molecule is C[C@@H](OC(=O)c1cc2c(s1)CCCCCC2)c1nc2ccccc2c(=O)[nH]1. The van der Waals surface area contributed by atoms with Crippen LogP contribution in [0.15, 0.2) is 35.1 Å². The minimum absolute atomic E-state index is 0.224. The second-order valence-electron chi connectivity index (χ2n) is 6.99. The van der Waals surface area contributed by atoms with Crippen LogP contribution >= 0.6 is 11.3 Å². The number of H-pyrrole nitrogens is 1. The summed E-state index contributed by atoms with van der Waals surface area (Å²) < 4.78 is 5.61. The number of fused-ring (bicyclic) bond motifs is 2. The summed E-state index contributed by atoms with van der Waals surface area (Å²) in [5.74, 6) is 0.0111. The minimum atomic E-state index is -0.625. The number of nitrogens with zero attached hydrogens (tertiary/aromatic N) is 1. The van der Waals surface area contributed by atoms with Crippen molar-refractivity contribution < 1.29 is 9.53 Å². The van der Waals surface area contributed by atoms with Gasteiger partial charge in [0.05, 0.1) is 10.9 Å². The van der Waals surface area contributed by atoms with Gasteiger partial charge in [0.2, 0.25) is 0 Å². The van der Waals surface area contributed by atoms with Crippen LogP contribution in [0.2, 0.25) is 0 Å². The number of aryl methyl sites for hydroxylation is 2. The lowest BCUT2D eigenvalue weighted by molar-refractivity contribution is 0.0326. The average Bonchev–Trinajstić information content (AvgIpc) is 3.04. The molecule has 5 nitrogen and oxygen atoms in total. The maximum absolute atomic E-state index is 12.6. The molecule has 140 valence electrons. The lowest BCUT2D eigenvalue weighted by Crippen LogP contribution is -2.17. The number of aromatic nitrogens is 2. The van der Waals surface area contributed by atoms with Gasteiger partial charge >= 0.3 is 5.97 Å². The van der Waals surface area contributed by atoms with Gasteiger partial charge in [0, 0.05) is 4.88 Å². The molecule has 0 saturated heterocycles. The number of rotatable bonds is 3. The molecule has 0 amide bonds. The Morgan fingerprint density at radius 1 is 1.19 bits per heavy atom. The second kappa shape index (κ2) is 7.64. The molecule has 0 saturated carbocycles. The second-order valence-corrected chi connectivity index (χ2v) is 8.13. The van der Waals surface area contributed by atoms with E-state index in [-0.39, 0.29) is 11.5 Å². The molecule has 0 radical (unpaired) electrons. The van der Waals surface area contributed by atoms with Crippen LogP contribution in [0, 0.1) is 0 Å². The highest BCUT2D eigenvalue weighted by Crippen LogP contribution is 2.30. The topological polar surface area (TPSA) is 72.0 Å². The van der Waals surface area contributed by atoms with Crippen LogP contribution < -0.4 is 5.56 Å². The van der Waals surface area contributed by atoms with Crippen molar-refractivity contribution in [3.8, 4) is 0 Å². The molecule has 2 aromatic heterocycles. The van der Waals surface area contributed by atoms with Crippen molar-refractivity contribution in [2.75, 3.05) is 0 Å². The highest BCUT2D eigenvalue weighted by atomic mass is 32.1. The lowest BCUT2D eigenvalue weighted by atomic mass is 10.00. The van der Waals surface area contributed by atoms with Gasteiger partial charge in [-0.1, -0.05) is 25.0 Å². The summed E-state index contributed by atoms with van der Waals surface area (Å²) in [6.45, 7) is 1.73. The Balaban J connectivity index is 1.54. The van der Waals surface area contributed by atoms with E-state index in [2.05, 4.69) is 9.97 Å². The van der Waals surface area contributed by atoms with E-state index in [1.54, 1.807) is 36.5 Å². The van der Waals surface area contributed by atoms with Crippen molar-refractivity contribution in [3.05, 3.63) is 61.8 Å². The number of ether oxygens (including phenoxy) is 1. The maximum Gasteiger partial charge on any atom is 0.349 e. The van der Waals surface area contributed by atoms with Crippen molar-refractivity contribution >= 4 is 28.2 Å². The van der Waals surface area contributed by atoms with Crippen molar-refractivity contribution in [2.24, 2.45) is 0 Å². The molecule has 1 aliphatic carbocycles. The Bertz CT molecular complexity index is 1010. The first-order valence-electron chi connectivity index (χ1n) is 9.43. The quantitative estimate of drug-likeness (QED) is 0.674. The molecular formula is C21H22N2O3S. The van der Waals surface area contributed by atoms with Crippen molar-refractivity contribution in [1.82, 2.24) is 9.97 Å². The molecule has 0 unspecified atom stereocenters. The highest BCUT2D eigenvalue weighted by Gasteiger charge is 2.21. The molecular weight excluding hydrogens is 360 g/mol. The summed E-state index contributed by atoms with van der Waals surface area (Å²) in [7, 11) is 0. The molecule has 2 heterocycles. The van der Waals surface area contributed by atoms with E-state index < -0.39 is 6.10 Å². The Morgan fingerprint density at radius 3 is 2.81 bits per heavy atom. The van der Waals surface area contributed by atoms with Gasteiger partial charge in [0.15, 0.2) is 11.9 Å². The molecule has 1 aromatic carbocycles. The van der Waals surface area contributed by atoms with E-state index in [0.717, 1.165) is 12.8 Å². The zero-order valence-electron chi connectivity index (χ0n) is 15.3. The Hall–Kier alpha value is -2.47. The molecule has 3 aromatic rings. The normalized spacial score (nSPS) is 15.6. The number of para-hydroxylation sites is 1. The van der Waals surface area contributed by atoms with Gasteiger partial charge in [-0.2, -0.15) is 0 Å². The fourth-order valence-corrected chi connectivity index (χ4v) is 4.65. The smallest absolute Gasteiger partial charge is 0.349 e.